The summed E-state index contributed by atoms with van der Waals surface area (Å²) in [5.74, 6) is 1.97. The van der Waals surface area contributed by atoms with Crippen LogP contribution in [0.25, 0.3) is 0 Å². The first-order valence-corrected chi connectivity index (χ1v) is 14.3. The lowest BCUT2D eigenvalue weighted by molar-refractivity contribution is -0.0812. The van der Waals surface area contributed by atoms with Crippen molar-refractivity contribution in [1.82, 2.24) is 4.90 Å². The van der Waals surface area contributed by atoms with Gasteiger partial charge in [-0.15, -0.1) is 6.58 Å². The number of allylic oxidation sites excluding steroid dienone is 1. The monoisotopic (exact) mass is 465 g/mol. The quantitative estimate of drug-likeness (QED) is 0.310. The molecule has 0 bridgehead atoms. The normalized spacial score (nSPS) is 37.2. The molecular formula is C31H47NO2. The van der Waals surface area contributed by atoms with Gasteiger partial charge in [-0.05, 0) is 129 Å². The Kier molecular flexibility index (Phi) is 7.15. The Morgan fingerprint density at radius 1 is 1.09 bits per heavy atom. The van der Waals surface area contributed by atoms with E-state index < -0.39 is 0 Å². The van der Waals surface area contributed by atoms with E-state index >= 15 is 0 Å². The molecule has 2 N–H and O–H groups in total. The lowest BCUT2D eigenvalue weighted by Gasteiger charge is -2.60. The molecule has 1 aromatic rings. The number of phenolic OH excluding ortho intramolecular Hbond substituents is 1. The van der Waals surface area contributed by atoms with Crippen molar-refractivity contribution in [3.63, 3.8) is 0 Å². The molecule has 0 unspecified atom stereocenters. The molecule has 6 atom stereocenters. The van der Waals surface area contributed by atoms with E-state index in [2.05, 4.69) is 30.5 Å². The van der Waals surface area contributed by atoms with Crippen molar-refractivity contribution in [3.05, 3.63) is 42.0 Å². The zero-order valence-electron chi connectivity index (χ0n) is 21.5. The molecule has 34 heavy (non-hydrogen) atoms. The Morgan fingerprint density at radius 3 is 2.65 bits per heavy atom. The number of phenols is 1. The summed E-state index contributed by atoms with van der Waals surface area (Å²) in [5, 5.41) is 21.3. The number of unbranched alkanes of at least 4 members (excludes halogenated alkanes) is 4. The number of nitrogens with zero attached hydrogens (tertiary/aromatic N) is 1. The lowest BCUT2D eigenvalue weighted by atomic mass is 9.44. The fourth-order valence-electron chi connectivity index (χ4n) is 8.97. The number of hydrogen-bond acceptors (Lipinski definition) is 3. The molecule has 1 saturated heterocycles. The molecule has 1 heterocycles. The molecule has 5 rings (SSSR count). The van der Waals surface area contributed by atoms with Crippen LogP contribution >= 0.6 is 0 Å². The van der Waals surface area contributed by atoms with Gasteiger partial charge >= 0.3 is 0 Å². The Labute approximate surface area is 207 Å². The molecule has 0 amide bonds. The van der Waals surface area contributed by atoms with Gasteiger partial charge in [0.1, 0.15) is 5.75 Å². The summed E-state index contributed by atoms with van der Waals surface area (Å²) in [7, 11) is 0. The van der Waals surface area contributed by atoms with Crippen molar-refractivity contribution in [2.75, 3.05) is 19.6 Å². The van der Waals surface area contributed by atoms with E-state index in [1.165, 1.54) is 82.1 Å². The molecule has 2 saturated carbocycles. The fourth-order valence-corrected chi connectivity index (χ4v) is 8.97. The second-order valence-corrected chi connectivity index (χ2v) is 12.4. The topological polar surface area (TPSA) is 43.7 Å². The highest BCUT2D eigenvalue weighted by Gasteiger charge is 2.63. The van der Waals surface area contributed by atoms with Gasteiger partial charge < -0.3 is 15.1 Å². The van der Waals surface area contributed by atoms with Crippen LogP contribution in [0.2, 0.25) is 0 Å². The third-order valence-corrected chi connectivity index (χ3v) is 10.6. The summed E-state index contributed by atoms with van der Waals surface area (Å²) in [6, 6.07) is 6.12. The Morgan fingerprint density at radius 2 is 1.85 bits per heavy atom. The zero-order valence-corrected chi connectivity index (χ0v) is 21.5. The van der Waals surface area contributed by atoms with E-state index in [-0.39, 0.29) is 16.9 Å². The highest BCUT2D eigenvalue weighted by molar-refractivity contribution is 5.43. The molecule has 0 radical (unpaired) electrons. The minimum atomic E-state index is -0.176. The number of aliphatic hydroxyl groups is 1. The van der Waals surface area contributed by atoms with Crippen LogP contribution in [0.3, 0.4) is 0 Å². The maximum Gasteiger partial charge on any atom is 0.115 e. The zero-order chi connectivity index (χ0) is 23.8. The van der Waals surface area contributed by atoms with Crippen molar-refractivity contribution < 1.29 is 10.2 Å². The van der Waals surface area contributed by atoms with E-state index in [0.29, 0.717) is 23.5 Å². The molecule has 1 aliphatic heterocycles. The second-order valence-electron chi connectivity index (χ2n) is 12.4. The van der Waals surface area contributed by atoms with Crippen LogP contribution in [0.4, 0.5) is 0 Å². The number of aromatic hydroxyl groups is 1. The van der Waals surface area contributed by atoms with Crippen molar-refractivity contribution in [1.29, 1.82) is 0 Å². The average Bonchev–Trinajstić information content (AvgIpc) is 3.46. The number of likely N-dealkylation sites (tertiary alicyclic amines) is 1. The molecule has 188 valence electrons. The van der Waals surface area contributed by atoms with Crippen LogP contribution in [0.15, 0.2) is 30.9 Å². The van der Waals surface area contributed by atoms with E-state index in [0.717, 1.165) is 32.1 Å². The summed E-state index contributed by atoms with van der Waals surface area (Å²) < 4.78 is 0. The molecule has 0 spiro atoms. The number of fused-ring (bicyclic) bond motifs is 5. The van der Waals surface area contributed by atoms with Gasteiger partial charge in [-0.2, -0.15) is 0 Å². The Balaban J connectivity index is 1.29. The minimum absolute atomic E-state index is 0.0134. The maximum absolute atomic E-state index is 11.1. The molecule has 3 aliphatic carbocycles. The SMILES string of the molecule is C=C[C@@]12CCc3cc(O)ccc3[C@H]1[C@@H](CCCCCCCN1CCCC1)C[C@@]1(C)[C@H]2CC[C@@H]1O. The summed E-state index contributed by atoms with van der Waals surface area (Å²) in [6.45, 7) is 10.7. The van der Waals surface area contributed by atoms with Gasteiger partial charge in [0.2, 0.25) is 0 Å². The Hall–Kier alpha value is -1.32. The van der Waals surface area contributed by atoms with Crippen LogP contribution in [0.1, 0.15) is 101 Å². The third-order valence-electron chi connectivity index (χ3n) is 10.6. The summed E-state index contributed by atoms with van der Waals surface area (Å²) >= 11 is 0. The maximum atomic E-state index is 11.1. The fraction of sp³-hybridized carbons (Fsp3) is 0.742. The van der Waals surface area contributed by atoms with Gasteiger partial charge in [0.05, 0.1) is 6.10 Å². The lowest BCUT2D eigenvalue weighted by Crippen LogP contribution is -2.54. The predicted molar refractivity (Wildman–Crippen MR) is 140 cm³/mol. The predicted octanol–water partition coefficient (Wildman–Crippen LogP) is 6.83. The number of benzene rings is 1. The highest BCUT2D eigenvalue weighted by Crippen LogP contribution is 2.69. The number of rotatable bonds is 9. The summed E-state index contributed by atoms with van der Waals surface area (Å²) in [4.78, 5) is 2.64. The van der Waals surface area contributed by atoms with Crippen molar-refractivity contribution in [2.45, 2.75) is 102 Å². The average molecular weight is 466 g/mol. The smallest absolute Gasteiger partial charge is 0.115 e. The van der Waals surface area contributed by atoms with Crippen LogP contribution in [-0.2, 0) is 6.42 Å². The molecule has 3 heteroatoms. The van der Waals surface area contributed by atoms with Crippen LogP contribution < -0.4 is 0 Å². The summed E-state index contributed by atoms with van der Waals surface area (Å²) in [5.41, 5.74) is 2.90. The van der Waals surface area contributed by atoms with Crippen molar-refractivity contribution >= 4 is 0 Å². The van der Waals surface area contributed by atoms with E-state index in [1.807, 2.05) is 12.1 Å². The molecular weight excluding hydrogens is 418 g/mol. The third kappa shape index (κ3) is 4.26. The van der Waals surface area contributed by atoms with Gasteiger partial charge in [0, 0.05) is 0 Å². The van der Waals surface area contributed by atoms with Gasteiger partial charge in [0.25, 0.3) is 0 Å². The first-order valence-electron chi connectivity index (χ1n) is 14.3. The minimum Gasteiger partial charge on any atom is -0.508 e. The largest absolute Gasteiger partial charge is 0.508 e. The van der Waals surface area contributed by atoms with E-state index in [1.54, 1.807) is 0 Å². The molecule has 3 nitrogen and oxygen atoms in total. The van der Waals surface area contributed by atoms with Crippen molar-refractivity contribution in [2.24, 2.45) is 22.7 Å². The number of hydrogen-bond donors (Lipinski definition) is 2. The van der Waals surface area contributed by atoms with Gasteiger partial charge in [-0.3, -0.25) is 0 Å². The summed E-state index contributed by atoms with van der Waals surface area (Å²) in [6.07, 6.45) is 18.2. The molecule has 1 aromatic carbocycles. The van der Waals surface area contributed by atoms with Gasteiger partial charge in [0.15, 0.2) is 0 Å². The van der Waals surface area contributed by atoms with Gasteiger partial charge in [-0.1, -0.05) is 44.7 Å². The molecule has 3 fully saturated rings. The van der Waals surface area contributed by atoms with Crippen molar-refractivity contribution in [3.8, 4) is 5.75 Å². The van der Waals surface area contributed by atoms with Gasteiger partial charge in [-0.25, -0.2) is 0 Å². The standard InChI is InChI=1S/C31H47NO2/c1-3-31-17-16-23-21-25(33)12-13-26(23)29(31)24(22-30(2)27(31)14-15-28(30)34)11-7-5-4-6-8-18-32-19-9-10-20-32/h3,12-13,21,24,27-29,33-34H,1,4-11,14-20,22H2,2H3/t24-,27+,28-,29+,30-,31-/m0/s1. The van der Waals surface area contributed by atoms with Crippen LogP contribution in [-0.4, -0.2) is 40.9 Å². The number of aryl methyl sites for hydroxylation is 1. The molecule has 0 aromatic heterocycles. The highest BCUT2D eigenvalue weighted by atomic mass is 16.3. The first-order chi connectivity index (χ1) is 16.5. The molecule has 4 aliphatic rings. The number of aliphatic hydroxyl groups excluding tert-OH is 1. The second kappa shape index (κ2) is 9.97. The van der Waals surface area contributed by atoms with Crippen LogP contribution in [0, 0.1) is 22.7 Å². The van der Waals surface area contributed by atoms with E-state index in [4.69, 9.17) is 0 Å². The van der Waals surface area contributed by atoms with E-state index in [9.17, 15) is 10.2 Å². The Bertz CT molecular complexity index is 861. The first kappa shape index (κ1) is 24.4. The van der Waals surface area contributed by atoms with Crippen LogP contribution in [0.5, 0.6) is 5.75 Å².